The topological polar surface area (TPSA) is 37.6 Å². The lowest BCUT2D eigenvalue weighted by Crippen LogP contribution is -2.36. The standard InChI is InChI=1S/C25H32N2O2/c1-21-9-6-7-12-23(21)18-27-14-8-13-24(27)19-26(15-16-29-2)20-25(28)17-22-10-4-3-5-11-22/h3-14,25,28H,15-20H2,1-2H3/t25-/m0/s1. The predicted octanol–water partition coefficient (Wildman–Crippen LogP) is 3.90. The second-order valence-electron chi connectivity index (χ2n) is 7.63. The maximum absolute atomic E-state index is 10.7. The highest BCUT2D eigenvalue weighted by molar-refractivity contribution is 5.26. The molecular formula is C25H32N2O2. The average molecular weight is 393 g/mol. The van der Waals surface area contributed by atoms with Gasteiger partial charge in [-0.2, -0.15) is 0 Å². The minimum Gasteiger partial charge on any atom is -0.391 e. The molecular weight excluding hydrogens is 360 g/mol. The van der Waals surface area contributed by atoms with Crippen LogP contribution in [0.2, 0.25) is 0 Å². The summed E-state index contributed by atoms with van der Waals surface area (Å²) in [4.78, 5) is 2.28. The van der Waals surface area contributed by atoms with Gasteiger partial charge in [-0.25, -0.2) is 0 Å². The van der Waals surface area contributed by atoms with Gasteiger partial charge in [-0.1, -0.05) is 54.6 Å². The molecule has 0 amide bonds. The lowest BCUT2D eigenvalue weighted by molar-refractivity contribution is 0.0839. The zero-order chi connectivity index (χ0) is 20.5. The second-order valence-corrected chi connectivity index (χ2v) is 7.63. The van der Waals surface area contributed by atoms with Crippen molar-refractivity contribution in [1.29, 1.82) is 0 Å². The van der Waals surface area contributed by atoms with E-state index in [0.29, 0.717) is 19.6 Å². The zero-order valence-corrected chi connectivity index (χ0v) is 17.5. The molecule has 1 heterocycles. The van der Waals surface area contributed by atoms with E-state index in [1.807, 2.05) is 18.2 Å². The lowest BCUT2D eigenvalue weighted by Gasteiger charge is -2.25. The first kappa shape index (κ1) is 21.3. The molecule has 0 spiro atoms. The highest BCUT2D eigenvalue weighted by atomic mass is 16.5. The van der Waals surface area contributed by atoms with E-state index >= 15 is 0 Å². The molecule has 0 saturated heterocycles. The minimum absolute atomic E-state index is 0.408. The first-order valence-corrected chi connectivity index (χ1v) is 10.3. The van der Waals surface area contributed by atoms with Crippen molar-refractivity contribution >= 4 is 0 Å². The van der Waals surface area contributed by atoms with Crippen LogP contribution in [0.3, 0.4) is 0 Å². The van der Waals surface area contributed by atoms with Gasteiger partial charge in [0.25, 0.3) is 0 Å². The fraction of sp³-hybridized carbons (Fsp3) is 0.360. The van der Waals surface area contributed by atoms with Crippen LogP contribution in [0.5, 0.6) is 0 Å². The molecule has 0 aliphatic carbocycles. The molecule has 0 fully saturated rings. The summed E-state index contributed by atoms with van der Waals surface area (Å²) in [6, 6.07) is 23.0. The van der Waals surface area contributed by atoms with Crippen LogP contribution in [0, 0.1) is 6.92 Å². The summed E-state index contributed by atoms with van der Waals surface area (Å²) in [5, 5.41) is 10.7. The number of aromatic nitrogens is 1. The van der Waals surface area contributed by atoms with Crippen molar-refractivity contribution in [3.8, 4) is 0 Å². The molecule has 0 bridgehead atoms. The molecule has 1 N–H and O–H groups in total. The molecule has 3 aromatic rings. The van der Waals surface area contributed by atoms with E-state index in [4.69, 9.17) is 4.74 Å². The number of hydrogen-bond donors (Lipinski definition) is 1. The fourth-order valence-corrected chi connectivity index (χ4v) is 3.65. The van der Waals surface area contributed by atoms with Crippen molar-refractivity contribution < 1.29 is 9.84 Å². The largest absolute Gasteiger partial charge is 0.391 e. The van der Waals surface area contributed by atoms with Crippen molar-refractivity contribution in [3.63, 3.8) is 0 Å². The normalized spacial score (nSPS) is 12.4. The number of methoxy groups -OCH3 is 1. The first-order chi connectivity index (χ1) is 14.2. The van der Waals surface area contributed by atoms with E-state index in [9.17, 15) is 5.11 Å². The zero-order valence-electron chi connectivity index (χ0n) is 17.5. The molecule has 0 radical (unpaired) electrons. The molecule has 0 aliphatic rings. The van der Waals surface area contributed by atoms with Crippen molar-refractivity contribution in [1.82, 2.24) is 9.47 Å². The summed E-state index contributed by atoms with van der Waals surface area (Å²) < 4.78 is 7.60. The van der Waals surface area contributed by atoms with Gasteiger partial charge in [0.1, 0.15) is 0 Å². The van der Waals surface area contributed by atoms with Gasteiger partial charge in [-0.05, 0) is 42.2 Å². The average Bonchev–Trinajstić information content (AvgIpc) is 3.15. The van der Waals surface area contributed by atoms with E-state index in [1.54, 1.807) is 7.11 Å². The first-order valence-electron chi connectivity index (χ1n) is 10.3. The third-order valence-electron chi connectivity index (χ3n) is 5.31. The molecule has 154 valence electrons. The number of benzene rings is 2. The molecule has 0 aliphatic heterocycles. The highest BCUT2D eigenvalue weighted by Crippen LogP contribution is 2.14. The van der Waals surface area contributed by atoms with E-state index in [-0.39, 0.29) is 0 Å². The smallest absolute Gasteiger partial charge is 0.0707 e. The summed E-state index contributed by atoms with van der Waals surface area (Å²) in [7, 11) is 1.72. The number of aryl methyl sites for hydroxylation is 1. The van der Waals surface area contributed by atoms with Crippen molar-refractivity contribution in [2.75, 3.05) is 26.8 Å². The van der Waals surface area contributed by atoms with Crippen LogP contribution in [0.1, 0.15) is 22.4 Å². The van der Waals surface area contributed by atoms with Crippen LogP contribution < -0.4 is 0 Å². The SMILES string of the molecule is COCCN(Cc1cccn1Cc1ccccc1C)C[C@@H](O)Cc1ccccc1. The van der Waals surface area contributed by atoms with Gasteiger partial charge >= 0.3 is 0 Å². The minimum atomic E-state index is -0.408. The Kier molecular flexibility index (Phi) is 8.05. The Bertz CT molecular complexity index is 860. The predicted molar refractivity (Wildman–Crippen MR) is 118 cm³/mol. The van der Waals surface area contributed by atoms with E-state index < -0.39 is 6.10 Å². The number of aliphatic hydroxyl groups is 1. The third-order valence-corrected chi connectivity index (χ3v) is 5.31. The molecule has 0 saturated carbocycles. The Hall–Kier alpha value is -2.40. The Morgan fingerprint density at radius 1 is 1.00 bits per heavy atom. The number of aliphatic hydroxyl groups excluding tert-OH is 1. The van der Waals surface area contributed by atoms with Gasteiger partial charge in [0, 0.05) is 45.2 Å². The van der Waals surface area contributed by atoms with E-state index in [2.05, 4.69) is 71.1 Å². The van der Waals surface area contributed by atoms with Crippen LogP contribution >= 0.6 is 0 Å². The molecule has 4 nitrogen and oxygen atoms in total. The third kappa shape index (κ3) is 6.57. The second kappa shape index (κ2) is 11.0. The summed E-state index contributed by atoms with van der Waals surface area (Å²) in [6.07, 6.45) is 2.39. The number of rotatable bonds is 11. The monoisotopic (exact) mass is 392 g/mol. The van der Waals surface area contributed by atoms with Crippen molar-refractivity contribution in [2.45, 2.75) is 32.5 Å². The number of hydrogen-bond acceptors (Lipinski definition) is 3. The maximum Gasteiger partial charge on any atom is 0.0707 e. The quantitative estimate of drug-likeness (QED) is 0.538. The van der Waals surface area contributed by atoms with Crippen LogP contribution in [0.15, 0.2) is 72.9 Å². The molecule has 4 heteroatoms. The number of nitrogens with zero attached hydrogens (tertiary/aromatic N) is 2. The van der Waals surface area contributed by atoms with Gasteiger partial charge < -0.3 is 14.4 Å². The van der Waals surface area contributed by atoms with Crippen LogP contribution in [-0.4, -0.2) is 47.5 Å². The van der Waals surface area contributed by atoms with Gasteiger partial charge in [0.05, 0.1) is 12.7 Å². The van der Waals surface area contributed by atoms with E-state index in [1.165, 1.54) is 16.8 Å². The molecule has 1 aromatic heterocycles. The van der Waals surface area contributed by atoms with Crippen molar-refractivity contribution in [2.24, 2.45) is 0 Å². The molecule has 1 atom stereocenters. The Morgan fingerprint density at radius 2 is 1.76 bits per heavy atom. The van der Waals surface area contributed by atoms with Crippen LogP contribution in [0.25, 0.3) is 0 Å². The van der Waals surface area contributed by atoms with Gasteiger partial charge in [-0.15, -0.1) is 0 Å². The Balaban J connectivity index is 1.65. The Morgan fingerprint density at radius 3 is 2.52 bits per heavy atom. The van der Waals surface area contributed by atoms with E-state index in [0.717, 1.165) is 25.2 Å². The van der Waals surface area contributed by atoms with Gasteiger partial charge in [0.2, 0.25) is 0 Å². The summed E-state index contributed by atoms with van der Waals surface area (Å²) in [5.74, 6) is 0. The molecule has 2 aromatic carbocycles. The number of ether oxygens (including phenoxy) is 1. The van der Waals surface area contributed by atoms with Crippen LogP contribution in [-0.2, 0) is 24.2 Å². The maximum atomic E-state index is 10.7. The summed E-state index contributed by atoms with van der Waals surface area (Å²) in [5.41, 5.74) is 5.05. The molecule has 0 unspecified atom stereocenters. The van der Waals surface area contributed by atoms with Gasteiger partial charge in [0.15, 0.2) is 0 Å². The van der Waals surface area contributed by atoms with Crippen LogP contribution in [0.4, 0.5) is 0 Å². The summed E-state index contributed by atoms with van der Waals surface area (Å²) >= 11 is 0. The molecule has 3 rings (SSSR count). The highest BCUT2D eigenvalue weighted by Gasteiger charge is 2.15. The van der Waals surface area contributed by atoms with Crippen molar-refractivity contribution in [3.05, 3.63) is 95.3 Å². The Labute approximate surface area is 174 Å². The lowest BCUT2D eigenvalue weighted by atomic mass is 10.1. The fourth-order valence-electron chi connectivity index (χ4n) is 3.65. The summed E-state index contributed by atoms with van der Waals surface area (Å²) in [6.45, 7) is 5.86. The van der Waals surface area contributed by atoms with Gasteiger partial charge in [-0.3, -0.25) is 4.90 Å². The molecule has 29 heavy (non-hydrogen) atoms.